The van der Waals surface area contributed by atoms with Crippen LogP contribution in [0.2, 0.25) is 5.02 Å². The third kappa shape index (κ3) is 3.06. The summed E-state index contributed by atoms with van der Waals surface area (Å²) in [6, 6.07) is 9.99. The van der Waals surface area contributed by atoms with Crippen LogP contribution in [0.3, 0.4) is 0 Å². The van der Waals surface area contributed by atoms with E-state index in [2.05, 4.69) is 10.3 Å². The second kappa shape index (κ2) is 5.62. The number of nitrogens with zero attached hydrogens (tertiary/aromatic N) is 1. The largest absolute Gasteiger partial charge is 0.392 e. The number of aromatic nitrogens is 1. The first-order chi connectivity index (χ1) is 8.69. The zero-order chi connectivity index (χ0) is 13.0. The van der Waals surface area contributed by atoms with Gasteiger partial charge in [-0.2, -0.15) is 0 Å². The molecule has 0 saturated carbocycles. The van der Waals surface area contributed by atoms with Gasteiger partial charge in [0.2, 0.25) is 0 Å². The minimum Gasteiger partial charge on any atom is -0.392 e. The summed E-state index contributed by atoms with van der Waals surface area (Å²) >= 11 is 5.81. The standard InChI is InChI=1S/C13H11ClN2O2/c14-11-3-1-2-10(6-11)13(18)16-12-5-4-9(8-17)7-15-12/h1-7,17H,8H2,(H,15,16,18). The Morgan fingerprint density at radius 3 is 2.78 bits per heavy atom. The van der Waals surface area contributed by atoms with Gasteiger partial charge in [0.25, 0.3) is 5.91 Å². The summed E-state index contributed by atoms with van der Waals surface area (Å²) in [6.45, 7) is -0.0739. The van der Waals surface area contributed by atoms with Crippen LogP contribution in [0, 0.1) is 0 Å². The molecule has 1 aromatic heterocycles. The number of anilines is 1. The van der Waals surface area contributed by atoms with Crippen molar-refractivity contribution >= 4 is 23.3 Å². The molecule has 0 radical (unpaired) electrons. The quantitative estimate of drug-likeness (QED) is 0.893. The number of hydrogen-bond acceptors (Lipinski definition) is 3. The molecular weight excluding hydrogens is 252 g/mol. The molecule has 0 spiro atoms. The van der Waals surface area contributed by atoms with Gasteiger partial charge in [0.15, 0.2) is 0 Å². The van der Waals surface area contributed by atoms with Gasteiger partial charge in [0.1, 0.15) is 5.82 Å². The fourth-order valence-electron chi connectivity index (χ4n) is 1.41. The first-order valence-corrected chi connectivity index (χ1v) is 5.69. The van der Waals surface area contributed by atoms with Crippen molar-refractivity contribution < 1.29 is 9.90 Å². The minimum atomic E-state index is -0.276. The van der Waals surface area contributed by atoms with Gasteiger partial charge in [0.05, 0.1) is 6.61 Å². The Balaban J connectivity index is 2.11. The molecule has 0 bridgehead atoms. The zero-order valence-electron chi connectivity index (χ0n) is 9.43. The van der Waals surface area contributed by atoms with Crippen molar-refractivity contribution in [1.29, 1.82) is 0 Å². The van der Waals surface area contributed by atoms with Crippen LogP contribution in [0.25, 0.3) is 0 Å². The molecule has 0 aliphatic heterocycles. The topological polar surface area (TPSA) is 62.2 Å². The molecule has 0 saturated heterocycles. The van der Waals surface area contributed by atoms with Crippen LogP contribution >= 0.6 is 11.6 Å². The summed E-state index contributed by atoms with van der Waals surface area (Å²) in [5, 5.41) is 12.0. The average molecular weight is 263 g/mol. The van der Waals surface area contributed by atoms with Crippen molar-refractivity contribution in [2.45, 2.75) is 6.61 Å². The van der Waals surface area contributed by atoms with Gasteiger partial charge in [-0.1, -0.05) is 23.7 Å². The monoisotopic (exact) mass is 262 g/mol. The van der Waals surface area contributed by atoms with Gasteiger partial charge in [-0.3, -0.25) is 4.79 Å². The Bertz CT molecular complexity index is 555. The Morgan fingerprint density at radius 2 is 2.17 bits per heavy atom. The molecule has 0 aliphatic rings. The summed E-state index contributed by atoms with van der Waals surface area (Å²) in [5.74, 6) is 0.152. The average Bonchev–Trinajstić information content (AvgIpc) is 2.39. The molecule has 2 N–H and O–H groups in total. The van der Waals surface area contributed by atoms with E-state index in [-0.39, 0.29) is 12.5 Å². The summed E-state index contributed by atoms with van der Waals surface area (Å²) in [5.41, 5.74) is 1.16. The molecule has 0 aliphatic carbocycles. The molecule has 2 aromatic rings. The first kappa shape index (κ1) is 12.5. The molecule has 92 valence electrons. The van der Waals surface area contributed by atoms with Gasteiger partial charge in [-0.15, -0.1) is 0 Å². The Kier molecular flexibility index (Phi) is 3.92. The Hall–Kier alpha value is -1.91. The Labute approximate surface area is 109 Å². The summed E-state index contributed by atoms with van der Waals surface area (Å²) in [7, 11) is 0. The molecule has 5 heteroatoms. The molecule has 18 heavy (non-hydrogen) atoms. The third-order valence-electron chi connectivity index (χ3n) is 2.34. The van der Waals surface area contributed by atoms with E-state index in [4.69, 9.17) is 16.7 Å². The SMILES string of the molecule is O=C(Nc1ccc(CO)cn1)c1cccc(Cl)c1. The normalized spacial score (nSPS) is 10.1. The number of amides is 1. The van der Waals surface area contributed by atoms with E-state index in [9.17, 15) is 4.79 Å². The highest BCUT2D eigenvalue weighted by Gasteiger charge is 2.06. The summed E-state index contributed by atoms with van der Waals surface area (Å²) < 4.78 is 0. The summed E-state index contributed by atoms with van der Waals surface area (Å²) in [4.78, 5) is 15.9. The van der Waals surface area contributed by atoms with Crippen LogP contribution in [0.15, 0.2) is 42.6 Å². The lowest BCUT2D eigenvalue weighted by atomic mass is 10.2. The van der Waals surface area contributed by atoms with Crippen LogP contribution in [0.1, 0.15) is 15.9 Å². The number of aliphatic hydroxyl groups excluding tert-OH is 1. The minimum absolute atomic E-state index is 0.0739. The highest BCUT2D eigenvalue weighted by molar-refractivity contribution is 6.31. The molecule has 0 unspecified atom stereocenters. The van der Waals surface area contributed by atoms with E-state index in [1.807, 2.05) is 0 Å². The van der Waals surface area contributed by atoms with Crippen LogP contribution in [-0.4, -0.2) is 16.0 Å². The smallest absolute Gasteiger partial charge is 0.256 e. The number of benzene rings is 1. The van der Waals surface area contributed by atoms with Crippen molar-refractivity contribution in [3.63, 3.8) is 0 Å². The van der Waals surface area contributed by atoms with Gasteiger partial charge < -0.3 is 10.4 Å². The van der Waals surface area contributed by atoms with Gasteiger partial charge >= 0.3 is 0 Å². The van der Waals surface area contributed by atoms with Crippen LogP contribution in [0.4, 0.5) is 5.82 Å². The molecule has 1 heterocycles. The van der Waals surface area contributed by atoms with Crippen molar-refractivity contribution in [3.8, 4) is 0 Å². The fourth-order valence-corrected chi connectivity index (χ4v) is 1.60. The first-order valence-electron chi connectivity index (χ1n) is 5.32. The van der Waals surface area contributed by atoms with E-state index in [0.29, 0.717) is 22.0 Å². The highest BCUT2D eigenvalue weighted by Crippen LogP contribution is 2.12. The maximum absolute atomic E-state index is 11.9. The number of carbonyl (C=O) groups is 1. The second-order valence-electron chi connectivity index (χ2n) is 3.67. The molecule has 1 aromatic carbocycles. The molecule has 1 amide bonds. The lowest BCUT2D eigenvalue weighted by Crippen LogP contribution is -2.12. The maximum Gasteiger partial charge on any atom is 0.256 e. The van der Waals surface area contributed by atoms with E-state index in [1.54, 1.807) is 36.4 Å². The van der Waals surface area contributed by atoms with Crippen LogP contribution in [0.5, 0.6) is 0 Å². The number of aliphatic hydroxyl groups is 1. The second-order valence-corrected chi connectivity index (χ2v) is 4.11. The molecule has 0 fully saturated rings. The van der Waals surface area contributed by atoms with Gasteiger partial charge in [-0.25, -0.2) is 4.98 Å². The molecule has 2 rings (SSSR count). The highest BCUT2D eigenvalue weighted by atomic mass is 35.5. The predicted octanol–water partition coefficient (Wildman–Crippen LogP) is 2.48. The number of rotatable bonds is 3. The van der Waals surface area contributed by atoms with E-state index < -0.39 is 0 Å². The van der Waals surface area contributed by atoms with Crippen molar-refractivity contribution in [3.05, 3.63) is 58.7 Å². The van der Waals surface area contributed by atoms with E-state index in [0.717, 1.165) is 0 Å². The van der Waals surface area contributed by atoms with E-state index in [1.165, 1.54) is 6.20 Å². The van der Waals surface area contributed by atoms with Gasteiger partial charge in [-0.05, 0) is 29.8 Å². The van der Waals surface area contributed by atoms with Crippen molar-refractivity contribution in [2.75, 3.05) is 5.32 Å². The number of carbonyl (C=O) groups excluding carboxylic acids is 1. The number of hydrogen-bond donors (Lipinski definition) is 2. The van der Waals surface area contributed by atoms with Crippen LogP contribution < -0.4 is 5.32 Å². The number of pyridine rings is 1. The third-order valence-corrected chi connectivity index (χ3v) is 2.57. The van der Waals surface area contributed by atoms with Crippen molar-refractivity contribution in [1.82, 2.24) is 4.98 Å². The van der Waals surface area contributed by atoms with Crippen molar-refractivity contribution in [2.24, 2.45) is 0 Å². The maximum atomic E-state index is 11.9. The number of nitrogens with one attached hydrogen (secondary N) is 1. The molecule has 4 nitrogen and oxygen atoms in total. The van der Waals surface area contributed by atoms with E-state index >= 15 is 0 Å². The van der Waals surface area contributed by atoms with Crippen LogP contribution in [-0.2, 0) is 6.61 Å². The predicted molar refractivity (Wildman–Crippen MR) is 69.6 cm³/mol. The molecular formula is C13H11ClN2O2. The fraction of sp³-hybridized carbons (Fsp3) is 0.0769. The Morgan fingerprint density at radius 1 is 1.33 bits per heavy atom. The molecule has 0 atom stereocenters. The lowest BCUT2D eigenvalue weighted by Gasteiger charge is -2.05. The zero-order valence-corrected chi connectivity index (χ0v) is 10.2. The van der Waals surface area contributed by atoms with Gasteiger partial charge in [0, 0.05) is 16.8 Å². The number of halogens is 1. The summed E-state index contributed by atoms with van der Waals surface area (Å²) in [6.07, 6.45) is 1.51. The lowest BCUT2D eigenvalue weighted by molar-refractivity contribution is 0.102.